The maximum atomic E-state index is 12.0. The third kappa shape index (κ3) is 10.8. The van der Waals surface area contributed by atoms with Crippen molar-refractivity contribution in [1.82, 2.24) is 0 Å². The SMILES string of the molecule is C=C(C)c1ccccc1.COC(C)=O.Cc1cccc(C(F)(F)F)c1. The van der Waals surface area contributed by atoms with E-state index in [1.54, 1.807) is 13.0 Å². The number of benzene rings is 2. The highest BCUT2D eigenvalue weighted by atomic mass is 19.4. The zero-order chi connectivity index (χ0) is 19.5. The molecule has 0 radical (unpaired) electrons. The fourth-order valence-electron chi connectivity index (χ4n) is 1.54. The van der Waals surface area contributed by atoms with E-state index in [2.05, 4.69) is 23.4 Å². The molecule has 0 unspecified atom stereocenters. The smallest absolute Gasteiger partial charge is 0.416 e. The molecule has 0 saturated heterocycles. The summed E-state index contributed by atoms with van der Waals surface area (Å²) in [5.74, 6) is -0.245. The van der Waals surface area contributed by atoms with Crippen LogP contribution in [0.15, 0.2) is 61.2 Å². The van der Waals surface area contributed by atoms with Crippen LogP contribution in [0.3, 0.4) is 0 Å². The molecule has 0 bridgehead atoms. The summed E-state index contributed by atoms with van der Waals surface area (Å²) in [5, 5.41) is 0. The number of allylic oxidation sites excluding steroid dienone is 1. The summed E-state index contributed by atoms with van der Waals surface area (Å²) in [4.78, 5) is 9.59. The van der Waals surface area contributed by atoms with Gasteiger partial charge < -0.3 is 4.74 Å². The molecule has 0 fully saturated rings. The van der Waals surface area contributed by atoms with E-state index < -0.39 is 11.7 Å². The topological polar surface area (TPSA) is 26.3 Å². The van der Waals surface area contributed by atoms with Crippen LogP contribution in [0.4, 0.5) is 13.2 Å². The number of hydrogen-bond acceptors (Lipinski definition) is 2. The minimum absolute atomic E-state index is 0.245. The maximum absolute atomic E-state index is 12.0. The van der Waals surface area contributed by atoms with E-state index in [1.165, 1.54) is 25.7 Å². The Kier molecular flexibility index (Phi) is 9.94. The Morgan fingerprint density at radius 2 is 1.52 bits per heavy atom. The van der Waals surface area contributed by atoms with Gasteiger partial charge in [-0.3, -0.25) is 4.79 Å². The van der Waals surface area contributed by atoms with Gasteiger partial charge in [0.05, 0.1) is 12.7 Å². The summed E-state index contributed by atoms with van der Waals surface area (Å²) in [6.07, 6.45) is -4.22. The van der Waals surface area contributed by atoms with Gasteiger partial charge in [0.1, 0.15) is 0 Å². The minimum Gasteiger partial charge on any atom is -0.469 e. The molecule has 0 aliphatic carbocycles. The Balaban J connectivity index is 0.000000372. The number of carbonyl (C=O) groups is 1. The van der Waals surface area contributed by atoms with Crippen LogP contribution in [0.2, 0.25) is 0 Å². The Labute approximate surface area is 147 Å². The van der Waals surface area contributed by atoms with Crippen LogP contribution in [0.5, 0.6) is 0 Å². The number of halogens is 3. The van der Waals surface area contributed by atoms with Gasteiger partial charge in [-0.1, -0.05) is 66.2 Å². The van der Waals surface area contributed by atoms with Crippen molar-refractivity contribution in [1.29, 1.82) is 0 Å². The number of aryl methyl sites for hydroxylation is 1. The molecule has 0 aliphatic heterocycles. The second kappa shape index (κ2) is 11.1. The molecule has 2 aromatic rings. The second-order valence-corrected chi connectivity index (χ2v) is 5.21. The van der Waals surface area contributed by atoms with Gasteiger partial charge in [-0.15, -0.1) is 0 Å². The average molecular weight is 352 g/mol. The molecule has 0 aromatic heterocycles. The third-order valence-electron chi connectivity index (χ3n) is 2.90. The first-order valence-electron chi connectivity index (χ1n) is 7.47. The molecule has 25 heavy (non-hydrogen) atoms. The normalized spacial score (nSPS) is 9.72. The fourth-order valence-corrected chi connectivity index (χ4v) is 1.54. The van der Waals surface area contributed by atoms with Gasteiger partial charge in [-0.25, -0.2) is 0 Å². The van der Waals surface area contributed by atoms with Crippen LogP contribution >= 0.6 is 0 Å². The van der Waals surface area contributed by atoms with Crippen LogP contribution in [-0.2, 0) is 15.7 Å². The Morgan fingerprint density at radius 1 is 1.00 bits per heavy atom. The van der Waals surface area contributed by atoms with Crippen molar-refractivity contribution in [2.75, 3.05) is 7.11 Å². The number of alkyl halides is 3. The molecule has 2 aromatic carbocycles. The molecule has 2 nitrogen and oxygen atoms in total. The summed E-state index contributed by atoms with van der Waals surface area (Å²) < 4.78 is 40.0. The predicted molar refractivity (Wildman–Crippen MR) is 95.0 cm³/mol. The first kappa shape index (κ1) is 22.4. The van der Waals surface area contributed by atoms with E-state index in [1.807, 2.05) is 25.1 Å². The summed E-state index contributed by atoms with van der Waals surface area (Å²) in [6.45, 7) is 8.83. The lowest BCUT2D eigenvalue weighted by molar-refractivity contribution is -0.138. The highest BCUT2D eigenvalue weighted by Crippen LogP contribution is 2.29. The lowest BCUT2D eigenvalue weighted by atomic mass is 10.1. The molecule has 136 valence electrons. The van der Waals surface area contributed by atoms with Crippen molar-refractivity contribution >= 4 is 11.5 Å². The fraction of sp³-hybridized carbons (Fsp3) is 0.250. The number of rotatable bonds is 1. The lowest BCUT2D eigenvalue weighted by Crippen LogP contribution is -2.04. The van der Waals surface area contributed by atoms with E-state index in [0.29, 0.717) is 5.56 Å². The largest absolute Gasteiger partial charge is 0.469 e. The van der Waals surface area contributed by atoms with Crippen molar-refractivity contribution in [3.63, 3.8) is 0 Å². The van der Waals surface area contributed by atoms with Gasteiger partial charge in [0.2, 0.25) is 0 Å². The Morgan fingerprint density at radius 3 is 1.80 bits per heavy atom. The zero-order valence-electron chi connectivity index (χ0n) is 14.9. The molecule has 0 atom stereocenters. The van der Waals surface area contributed by atoms with Crippen LogP contribution in [-0.4, -0.2) is 13.1 Å². The highest BCUT2D eigenvalue weighted by Gasteiger charge is 2.29. The monoisotopic (exact) mass is 352 g/mol. The summed E-state index contributed by atoms with van der Waals surface area (Å²) >= 11 is 0. The quantitative estimate of drug-likeness (QED) is 0.596. The molecular weight excluding hydrogens is 329 g/mol. The van der Waals surface area contributed by atoms with Gasteiger partial charge in [0, 0.05) is 6.92 Å². The summed E-state index contributed by atoms with van der Waals surface area (Å²) in [6, 6.07) is 15.4. The first-order valence-corrected chi connectivity index (χ1v) is 7.47. The van der Waals surface area contributed by atoms with Crippen LogP contribution in [0.25, 0.3) is 5.57 Å². The zero-order valence-corrected chi connectivity index (χ0v) is 14.9. The number of methoxy groups -OCH3 is 1. The second-order valence-electron chi connectivity index (χ2n) is 5.21. The Hall–Kier alpha value is -2.56. The van der Waals surface area contributed by atoms with Crippen LogP contribution in [0.1, 0.15) is 30.5 Å². The van der Waals surface area contributed by atoms with E-state index in [4.69, 9.17) is 0 Å². The number of ether oxygens (including phenoxy) is 1. The molecule has 2 rings (SSSR count). The van der Waals surface area contributed by atoms with Crippen molar-refractivity contribution in [2.24, 2.45) is 0 Å². The van der Waals surface area contributed by atoms with Crippen molar-refractivity contribution in [3.05, 3.63) is 77.9 Å². The predicted octanol–water partition coefficient (Wildman–Crippen LogP) is 5.91. The number of hydrogen-bond donors (Lipinski definition) is 0. The van der Waals surface area contributed by atoms with Crippen molar-refractivity contribution in [2.45, 2.75) is 26.9 Å². The minimum atomic E-state index is -4.22. The van der Waals surface area contributed by atoms with Gasteiger partial charge in [-0.2, -0.15) is 13.2 Å². The lowest BCUT2D eigenvalue weighted by Gasteiger charge is -2.05. The third-order valence-corrected chi connectivity index (χ3v) is 2.90. The number of carbonyl (C=O) groups excluding carboxylic acids is 1. The molecule has 0 aliphatic rings. The standard InChI is InChI=1S/C9H10.C8H7F3.C3H6O2/c1-8(2)9-6-4-3-5-7-9;1-6-3-2-4-7(5-6)8(9,10)11;1-3(4)5-2/h3-7H,1H2,2H3;2-5H,1H3;1-2H3. The molecular formula is C20H23F3O2. The maximum Gasteiger partial charge on any atom is 0.416 e. The molecule has 0 saturated carbocycles. The van der Waals surface area contributed by atoms with Gasteiger partial charge in [0.15, 0.2) is 0 Å². The molecule has 0 spiro atoms. The van der Waals surface area contributed by atoms with E-state index in [9.17, 15) is 18.0 Å². The van der Waals surface area contributed by atoms with Crippen LogP contribution in [0, 0.1) is 6.92 Å². The summed E-state index contributed by atoms with van der Waals surface area (Å²) in [5.41, 5.74) is 2.38. The van der Waals surface area contributed by atoms with E-state index >= 15 is 0 Å². The summed E-state index contributed by atoms with van der Waals surface area (Å²) in [7, 11) is 1.35. The van der Waals surface area contributed by atoms with E-state index in [-0.39, 0.29) is 5.97 Å². The van der Waals surface area contributed by atoms with Crippen molar-refractivity contribution < 1.29 is 22.7 Å². The average Bonchev–Trinajstić information content (AvgIpc) is 2.56. The molecule has 0 amide bonds. The van der Waals surface area contributed by atoms with Gasteiger partial charge >= 0.3 is 12.1 Å². The van der Waals surface area contributed by atoms with E-state index in [0.717, 1.165) is 17.7 Å². The first-order chi connectivity index (χ1) is 11.6. The molecule has 0 N–H and O–H groups in total. The van der Waals surface area contributed by atoms with Crippen LogP contribution < -0.4 is 0 Å². The number of esters is 1. The van der Waals surface area contributed by atoms with Gasteiger partial charge in [0.25, 0.3) is 0 Å². The van der Waals surface area contributed by atoms with Gasteiger partial charge in [-0.05, 0) is 25.5 Å². The molecule has 5 heteroatoms. The molecule has 0 heterocycles. The Bertz CT molecular complexity index is 662. The highest BCUT2D eigenvalue weighted by molar-refractivity contribution is 5.65. The van der Waals surface area contributed by atoms with Crippen molar-refractivity contribution in [3.8, 4) is 0 Å².